The Morgan fingerprint density at radius 2 is 1.83 bits per heavy atom. The van der Waals surface area contributed by atoms with Gasteiger partial charge >= 0.3 is 5.97 Å². The van der Waals surface area contributed by atoms with Gasteiger partial charge in [0.15, 0.2) is 5.78 Å². The topological polar surface area (TPSA) is 55.4 Å². The highest BCUT2D eigenvalue weighted by Crippen LogP contribution is 2.34. The maximum Gasteiger partial charge on any atom is 0.318 e. The Balaban J connectivity index is 2.05. The first-order chi connectivity index (χ1) is 11.2. The first-order valence-corrected chi connectivity index (χ1v) is 7.79. The zero-order chi connectivity index (χ0) is 16.2. The van der Waals surface area contributed by atoms with Crippen molar-refractivity contribution in [1.29, 1.82) is 0 Å². The molecule has 2 aromatic carbocycles. The van der Waals surface area contributed by atoms with Crippen LogP contribution in [0.3, 0.4) is 0 Å². The lowest BCUT2D eigenvalue weighted by atomic mass is 9.88. The van der Waals surface area contributed by atoms with Crippen molar-refractivity contribution < 1.29 is 14.3 Å². The third kappa shape index (κ3) is 3.11. The summed E-state index contributed by atoms with van der Waals surface area (Å²) < 4.78 is 5.16. The lowest BCUT2D eigenvalue weighted by Crippen LogP contribution is -2.34. The minimum absolute atomic E-state index is 0.116. The molecule has 1 N–H and O–H groups in total. The van der Waals surface area contributed by atoms with Crippen LogP contribution in [0.4, 0.5) is 5.69 Å². The normalized spacial score (nSPS) is 20.1. The summed E-state index contributed by atoms with van der Waals surface area (Å²) in [5.41, 5.74) is 2.70. The number of fused-ring (bicyclic) bond motifs is 1. The van der Waals surface area contributed by atoms with Crippen molar-refractivity contribution in [2.45, 2.75) is 19.4 Å². The summed E-state index contributed by atoms with van der Waals surface area (Å²) in [7, 11) is 0. The number of Topliss-reactive ketones (excluding diaryl/α,β-unsaturated/α-hetero) is 1. The molecule has 118 valence electrons. The number of esters is 1. The van der Waals surface area contributed by atoms with E-state index in [0.29, 0.717) is 0 Å². The average Bonchev–Trinajstić information content (AvgIpc) is 2.71. The number of hydrogen-bond donors (Lipinski definition) is 1. The van der Waals surface area contributed by atoms with Crippen molar-refractivity contribution in [3.8, 4) is 0 Å². The molecule has 0 bridgehead atoms. The minimum atomic E-state index is -0.843. The van der Waals surface area contributed by atoms with Crippen LogP contribution >= 0.6 is 0 Å². The summed E-state index contributed by atoms with van der Waals surface area (Å²) in [6.07, 6.45) is 0.232. The molecule has 0 saturated carbocycles. The second-order valence-electron chi connectivity index (χ2n) is 5.56. The molecule has 0 amide bonds. The highest BCUT2D eigenvalue weighted by Gasteiger charge is 2.39. The van der Waals surface area contributed by atoms with E-state index >= 15 is 0 Å². The molecular weight excluding hydrogens is 290 g/mol. The molecule has 3 rings (SSSR count). The van der Waals surface area contributed by atoms with Gasteiger partial charge in [0, 0.05) is 12.1 Å². The van der Waals surface area contributed by atoms with Gasteiger partial charge in [0.2, 0.25) is 0 Å². The fourth-order valence-electron chi connectivity index (χ4n) is 2.99. The molecule has 23 heavy (non-hydrogen) atoms. The van der Waals surface area contributed by atoms with Crippen LogP contribution < -0.4 is 5.32 Å². The molecule has 1 aliphatic rings. The Bertz CT molecular complexity index is 712. The molecule has 0 aromatic heterocycles. The lowest BCUT2D eigenvalue weighted by molar-refractivity contribution is -0.152. The van der Waals surface area contributed by atoms with Crippen LogP contribution in [0.5, 0.6) is 0 Å². The van der Waals surface area contributed by atoms with Gasteiger partial charge in [0.1, 0.15) is 5.92 Å². The van der Waals surface area contributed by atoms with Crippen LogP contribution in [0.25, 0.3) is 0 Å². The van der Waals surface area contributed by atoms with Crippen LogP contribution in [0.1, 0.15) is 24.1 Å². The lowest BCUT2D eigenvalue weighted by Gasteiger charge is -2.24. The number of hydrogen-bond acceptors (Lipinski definition) is 4. The van der Waals surface area contributed by atoms with Crippen LogP contribution in [-0.2, 0) is 20.7 Å². The highest BCUT2D eigenvalue weighted by molar-refractivity contribution is 6.02. The summed E-state index contributed by atoms with van der Waals surface area (Å²) in [4.78, 5) is 25.1. The van der Waals surface area contributed by atoms with Gasteiger partial charge in [0.25, 0.3) is 0 Å². The number of carbonyl (C=O) groups is 2. The standard InChI is InChI=1S/C19H19NO3/c1-2-23-19(22)17-16(21)12-14-10-6-7-11-15(14)20-18(17)13-8-4-3-5-9-13/h3-11,17-18,20H,2,12H2,1H3. The predicted molar refractivity (Wildman–Crippen MR) is 88.1 cm³/mol. The van der Waals surface area contributed by atoms with Gasteiger partial charge in [0.05, 0.1) is 12.6 Å². The second kappa shape index (κ2) is 6.65. The van der Waals surface area contributed by atoms with Crippen molar-refractivity contribution in [2.24, 2.45) is 5.92 Å². The molecule has 2 aromatic rings. The monoisotopic (exact) mass is 309 g/mol. The number of ether oxygens (including phenoxy) is 1. The quantitative estimate of drug-likeness (QED) is 0.699. The highest BCUT2D eigenvalue weighted by atomic mass is 16.5. The zero-order valence-electron chi connectivity index (χ0n) is 13.0. The number of rotatable bonds is 3. The maximum atomic E-state index is 12.7. The number of ketones is 1. The van der Waals surface area contributed by atoms with Crippen LogP contribution in [0.15, 0.2) is 54.6 Å². The molecule has 0 aliphatic carbocycles. The van der Waals surface area contributed by atoms with Gasteiger partial charge in [-0.15, -0.1) is 0 Å². The second-order valence-corrected chi connectivity index (χ2v) is 5.56. The number of anilines is 1. The van der Waals surface area contributed by atoms with E-state index in [-0.39, 0.29) is 18.8 Å². The summed E-state index contributed by atoms with van der Waals surface area (Å²) >= 11 is 0. The van der Waals surface area contributed by atoms with E-state index in [1.54, 1.807) is 6.92 Å². The van der Waals surface area contributed by atoms with Crippen LogP contribution in [0.2, 0.25) is 0 Å². The molecule has 1 aliphatic heterocycles. The Morgan fingerprint density at radius 1 is 1.13 bits per heavy atom. The van der Waals surface area contributed by atoms with Crippen molar-refractivity contribution >= 4 is 17.4 Å². The van der Waals surface area contributed by atoms with Gasteiger partial charge < -0.3 is 10.1 Å². The molecular formula is C19H19NO3. The van der Waals surface area contributed by atoms with E-state index in [0.717, 1.165) is 16.8 Å². The van der Waals surface area contributed by atoms with Crippen LogP contribution in [0, 0.1) is 5.92 Å². The molecule has 1 heterocycles. The molecule has 0 fully saturated rings. The first-order valence-electron chi connectivity index (χ1n) is 7.79. The Kier molecular flexibility index (Phi) is 4.42. The Labute approximate surface area is 135 Å². The molecule has 4 heteroatoms. The summed E-state index contributed by atoms with van der Waals surface area (Å²) in [5.74, 6) is -1.42. The van der Waals surface area contributed by atoms with Crippen molar-refractivity contribution in [2.75, 3.05) is 11.9 Å². The van der Waals surface area contributed by atoms with Gasteiger partial charge in [-0.05, 0) is 24.1 Å². The minimum Gasteiger partial charge on any atom is -0.465 e. The third-order valence-corrected chi connectivity index (χ3v) is 4.07. The third-order valence-electron chi connectivity index (χ3n) is 4.07. The maximum absolute atomic E-state index is 12.7. The smallest absolute Gasteiger partial charge is 0.318 e. The fraction of sp³-hybridized carbons (Fsp3) is 0.263. The number of nitrogens with one attached hydrogen (secondary N) is 1. The van der Waals surface area contributed by atoms with Crippen LogP contribution in [-0.4, -0.2) is 18.4 Å². The van der Waals surface area contributed by atoms with Gasteiger partial charge in [-0.2, -0.15) is 0 Å². The zero-order valence-corrected chi connectivity index (χ0v) is 13.0. The van der Waals surface area contributed by atoms with E-state index in [9.17, 15) is 9.59 Å². The van der Waals surface area contributed by atoms with Gasteiger partial charge in [-0.1, -0.05) is 48.5 Å². The Morgan fingerprint density at radius 3 is 2.57 bits per heavy atom. The number of para-hydroxylation sites is 1. The van der Waals surface area contributed by atoms with E-state index < -0.39 is 17.9 Å². The molecule has 0 saturated heterocycles. The average molecular weight is 309 g/mol. The van der Waals surface area contributed by atoms with E-state index in [1.165, 1.54) is 0 Å². The van der Waals surface area contributed by atoms with Crippen molar-refractivity contribution in [3.63, 3.8) is 0 Å². The number of benzene rings is 2. The molecule has 2 atom stereocenters. The molecule has 0 radical (unpaired) electrons. The summed E-state index contributed by atoms with van der Waals surface area (Å²) in [6.45, 7) is 2.01. The summed E-state index contributed by atoms with van der Waals surface area (Å²) in [6, 6.07) is 16.8. The van der Waals surface area contributed by atoms with Crippen molar-refractivity contribution in [1.82, 2.24) is 0 Å². The predicted octanol–water partition coefficient (Wildman–Crippen LogP) is 3.14. The van der Waals surface area contributed by atoms with Gasteiger partial charge in [-0.3, -0.25) is 9.59 Å². The van der Waals surface area contributed by atoms with E-state index in [2.05, 4.69) is 5.32 Å². The fourth-order valence-corrected chi connectivity index (χ4v) is 2.99. The molecule has 0 spiro atoms. The van der Waals surface area contributed by atoms with E-state index in [4.69, 9.17) is 4.74 Å². The first kappa shape index (κ1) is 15.3. The molecule has 2 unspecified atom stereocenters. The SMILES string of the molecule is CCOC(=O)C1C(=O)Cc2ccccc2NC1c1ccccc1. The van der Waals surface area contributed by atoms with Crippen molar-refractivity contribution in [3.05, 3.63) is 65.7 Å². The number of carbonyl (C=O) groups excluding carboxylic acids is 2. The largest absolute Gasteiger partial charge is 0.465 e. The summed E-state index contributed by atoms with van der Waals surface area (Å²) in [5, 5.41) is 3.37. The van der Waals surface area contributed by atoms with E-state index in [1.807, 2.05) is 54.6 Å². The Hall–Kier alpha value is -2.62. The molecule has 4 nitrogen and oxygen atoms in total. The van der Waals surface area contributed by atoms with Gasteiger partial charge in [-0.25, -0.2) is 0 Å².